The predicted molar refractivity (Wildman–Crippen MR) is 135 cm³/mol. The van der Waals surface area contributed by atoms with Crippen molar-refractivity contribution in [1.82, 2.24) is 9.97 Å². The maximum atomic E-state index is 9.79. The van der Waals surface area contributed by atoms with Crippen LogP contribution in [0.25, 0.3) is 22.7 Å². The van der Waals surface area contributed by atoms with Crippen LogP contribution in [0.15, 0.2) is 59.1 Å². The molecule has 0 fully saturated rings. The van der Waals surface area contributed by atoms with Crippen LogP contribution < -0.4 is 9.47 Å². The molecule has 4 rings (SSSR count). The van der Waals surface area contributed by atoms with Gasteiger partial charge in [0.2, 0.25) is 0 Å². The Morgan fingerprint density at radius 3 is 2.67 bits per heavy atom. The van der Waals surface area contributed by atoms with Gasteiger partial charge in [0.05, 0.1) is 27.7 Å². The van der Waals surface area contributed by atoms with Crippen molar-refractivity contribution in [2.45, 2.75) is 20.5 Å². The van der Waals surface area contributed by atoms with E-state index < -0.39 is 0 Å². The molecule has 0 aliphatic rings. The molecule has 4 aromatic rings. The summed E-state index contributed by atoms with van der Waals surface area (Å²) in [6, 6.07) is 19.4. The van der Waals surface area contributed by atoms with Crippen molar-refractivity contribution < 1.29 is 9.47 Å². The highest BCUT2D eigenvalue weighted by Crippen LogP contribution is 2.38. The number of fused-ring (bicyclic) bond motifs is 1. The SMILES string of the molecule is CCOc1cc(/C=C(/C#N)c2nc3ccc(C)cc3[nH]2)cc(Br)c1OCc1ccc(Cl)cc1. The average molecular weight is 523 g/mol. The van der Waals surface area contributed by atoms with Gasteiger partial charge in [0.25, 0.3) is 0 Å². The number of aryl methyl sites for hydroxylation is 1. The van der Waals surface area contributed by atoms with Crippen molar-refractivity contribution in [1.29, 1.82) is 5.26 Å². The van der Waals surface area contributed by atoms with Crippen LogP contribution in [0.2, 0.25) is 5.02 Å². The van der Waals surface area contributed by atoms with Crippen LogP contribution in [-0.4, -0.2) is 16.6 Å². The van der Waals surface area contributed by atoms with E-state index in [1.54, 1.807) is 6.08 Å². The molecule has 0 radical (unpaired) electrons. The fourth-order valence-electron chi connectivity index (χ4n) is 3.38. The third-order valence-corrected chi connectivity index (χ3v) is 5.79. The quantitative estimate of drug-likeness (QED) is 0.258. The van der Waals surface area contributed by atoms with Crippen LogP contribution in [0.3, 0.4) is 0 Å². The van der Waals surface area contributed by atoms with Gasteiger partial charge < -0.3 is 14.5 Å². The number of ether oxygens (including phenoxy) is 2. The zero-order valence-corrected chi connectivity index (χ0v) is 20.5. The Kier molecular flexibility index (Phi) is 7.02. The molecule has 1 aromatic heterocycles. The number of nitrogens with one attached hydrogen (secondary N) is 1. The first-order chi connectivity index (χ1) is 16.0. The summed E-state index contributed by atoms with van der Waals surface area (Å²) in [4.78, 5) is 7.80. The molecule has 0 spiro atoms. The van der Waals surface area contributed by atoms with Gasteiger partial charge >= 0.3 is 0 Å². The van der Waals surface area contributed by atoms with E-state index in [0.717, 1.165) is 32.2 Å². The van der Waals surface area contributed by atoms with E-state index in [-0.39, 0.29) is 0 Å². The topological polar surface area (TPSA) is 70.9 Å². The molecule has 1 heterocycles. The lowest BCUT2D eigenvalue weighted by Gasteiger charge is -2.15. The van der Waals surface area contributed by atoms with E-state index in [1.807, 2.05) is 68.4 Å². The number of nitriles is 1. The highest BCUT2D eigenvalue weighted by molar-refractivity contribution is 9.10. The Labute approximate surface area is 205 Å². The summed E-state index contributed by atoms with van der Waals surface area (Å²) in [5, 5.41) is 10.5. The first kappa shape index (κ1) is 22.9. The van der Waals surface area contributed by atoms with E-state index in [1.165, 1.54) is 0 Å². The summed E-state index contributed by atoms with van der Waals surface area (Å²) in [6.07, 6.45) is 1.78. The zero-order chi connectivity index (χ0) is 23.4. The van der Waals surface area contributed by atoms with Crippen molar-refractivity contribution in [3.8, 4) is 17.6 Å². The molecule has 0 saturated carbocycles. The molecule has 0 bridgehead atoms. The molecule has 1 N–H and O–H groups in total. The number of imidazole rings is 1. The third kappa shape index (κ3) is 5.39. The van der Waals surface area contributed by atoms with Crippen LogP contribution in [0.5, 0.6) is 11.5 Å². The number of hydrogen-bond acceptors (Lipinski definition) is 4. The lowest BCUT2D eigenvalue weighted by molar-refractivity contribution is 0.267. The van der Waals surface area contributed by atoms with E-state index in [0.29, 0.717) is 41.1 Å². The highest BCUT2D eigenvalue weighted by Gasteiger charge is 2.14. The minimum absolute atomic E-state index is 0.368. The normalized spacial score (nSPS) is 11.4. The van der Waals surface area contributed by atoms with E-state index >= 15 is 0 Å². The van der Waals surface area contributed by atoms with Gasteiger partial charge in [-0.1, -0.05) is 29.8 Å². The predicted octanol–water partition coefficient (Wildman–Crippen LogP) is 7.33. The van der Waals surface area contributed by atoms with Gasteiger partial charge in [0.1, 0.15) is 18.5 Å². The summed E-state index contributed by atoms with van der Waals surface area (Å²) in [7, 11) is 0. The highest BCUT2D eigenvalue weighted by atomic mass is 79.9. The first-order valence-electron chi connectivity index (χ1n) is 10.4. The largest absolute Gasteiger partial charge is 0.490 e. The van der Waals surface area contributed by atoms with Crippen molar-refractivity contribution in [2.75, 3.05) is 6.61 Å². The minimum Gasteiger partial charge on any atom is -0.490 e. The Hall–Kier alpha value is -3.27. The number of hydrogen-bond donors (Lipinski definition) is 1. The van der Waals surface area contributed by atoms with Gasteiger partial charge in [-0.2, -0.15) is 5.26 Å². The molecule has 166 valence electrons. The lowest BCUT2D eigenvalue weighted by atomic mass is 10.1. The fraction of sp³-hybridized carbons (Fsp3) is 0.154. The minimum atomic E-state index is 0.368. The summed E-state index contributed by atoms with van der Waals surface area (Å²) < 4.78 is 12.6. The van der Waals surface area contributed by atoms with Crippen LogP contribution in [0, 0.1) is 18.3 Å². The van der Waals surface area contributed by atoms with E-state index in [2.05, 4.69) is 32.0 Å². The van der Waals surface area contributed by atoms with Gasteiger partial charge in [0, 0.05) is 5.02 Å². The fourth-order valence-corrected chi connectivity index (χ4v) is 4.08. The Bertz CT molecular complexity index is 1370. The molecule has 0 atom stereocenters. The molecular weight excluding hydrogens is 502 g/mol. The van der Waals surface area contributed by atoms with Gasteiger partial charge in [-0.05, 0) is 88.9 Å². The van der Waals surface area contributed by atoms with E-state index in [9.17, 15) is 5.26 Å². The Morgan fingerprint density at radius 2 is 1.94 bits per heavy atom. The number of H-pyrrole nitrogens is 1. The number of benzene rings is 3. The smallest absolute Gasteiger partial charge is 0.175 e. The van der Waals surface area contributed by atoms with Gasteiger partial charge in [-0.3, -0.25) is 0 Å². The number of rotatable bonds is 7. The maximum absolute atomic E-state index is 9.79. The molecule has 0 saturated heterocycles. The van der Waals surface area contributed by atoms with Crippen molar-refractivity contribution in [2.24, 2.45) is 0 Å². The van der Waals surface area contributed by atoms with Crippen molar-refractivity contribution >= 4 is 50.2 Å². The third-order valence-electron chi connectivity index (χ3n) is 4.95. The van der Waals surface area contributed by atoms with Gasteiger partial charge in [-0.15, -0.1) is 0 Å². The lowest BCUT2D eigenvalue weighted by Crippen LogP contribution is -2.01. The molecule has 7 heteroatoms. The number of allylic oxidation sites excluding steroid dienone is 1. The number of aromatic nitrogens is 2. The summed E-state index contributed by atoms with van der Waals surface area (Å²) in [5.41, 5.74) is 5.04. The van der Waals surface area contributed by atoms with Crippen LogP contribution in [0.1, 0.15) is 29.4 Å². The second-order valence-corrected chi connectivity index (χ2v) is 8.74. The molecule has 5 nitrogen and oxygen atoms in total. The second-order valence-electron chi connectivity index (χ2n) is 7.45. The summed E-state index contributed by atoms with van der Waals surface area (Å²) in [5.74, 6) is 1.71. The Balaban J connectivity index is 1.65. The van der Waals surface area contributed by atoms with Crippen molar-refractivity contribution in [3.63, 3.8) is 0 Å². The molecule has 0 aliphatic carbocycles. The van der Waals surface area contributed by atoms with Gasteiger partial charge in [0.15, 0.2) is 11.5 Å². The summed E-state index contributed by atoms with van der Waals surface area (Å²) in [6.45, 7) is 4.78. The van der Waals surface area contributed by atoms with Gasteiger partial charge in [-0.25, -0.2) is 4.98 Å². The number of nitrogens with zero attached hydrogens (tertiary/aromatic N) is 2. The molecule has 0 aliphatic heterocycles. The Morgan fingerprint density at radius 1 is 1.15 bits per heavy atom. The monoisotopic (exact) mass is 521 g/mol. The molecule has 3 aromatic carbocycles. The maximum Gasteiger partial charge on any atom is 0.175 e. The molecular formula is C26H21BrClN3O2. The first-order valence-corrected chi connectivity index (χ1v) is 11.6. The number of halogens is 2. The second kappa shape index (κ2) is 10.1. The molecule has 33 heavy (non-hydrogen) atoms. The average Bonchev–Trinajstić information content (AvgIpc) is 3.21. The van der Waals surface area contributed by atoms with Crippen molar-refractivity contribution in [3.05, 3.63) is 86.6 Å². The van der Waals surface area contributed by atoms with Crippen LogP contribution in [-0.2, 0) is 6.61 Å². The van der Waals surface area contributed by atoms with Crippen LogP contribution in [0.4, 0.5) is 0 Å². The molecule has 0 amide bonds. The zero-order valence-electron chi connectivity index (χ0n) is 18.2. The molecule has 0 unspecified atom stereocenters. The standard InChI is InChI=1S/C26H21BrClN3O2/c1-3-32-24-13-18(12-21(27)25(24)33-15-17-5-7-20(28)8-6-17)11-19(14-29)26-30-22-9-4-16(2)10-23(22)31-26/h4-13H,3,15H2,1-2H3,(H,30,31)/b19-11-. The van der Waals surface area contributed by atoms with Crippen LogP contribution >= 0.6 is 27.5 Å². The number of aromatic amines is 1. The summed E-state index contributed by atoms with van der Waals surface area (Å²) >= 11 is 9.56. The van der Waals surface area contributed by atoms with E-state index in [4.69, 9.17) is 21.1 Å².